The Morgan fingerprint density at radius 2 is 1.92 bits per heavy atom. The van der Waals surface area contributed by atoms with Crippen LogP contribution in [-0.2, 0) is 4.79 Å². The molecule has 0 radical (unpaired) electrons. The Balaban J connectivity index is 2.61. The highest BCUT2D eigenvalue weighted by atomic mass is 16.2. The van der Waals surface area contributed by atoms with Gasteiger partial charge in [0.2, 0.25) is 5.91 Å². The molecule has 0 aromatic heterocycles. The van der Waals surface area contributed by atoms with Crippen LogP contribution in [0.1, 0.15) is 19.8 Å². The molecule has 12 heavy (non-hydrogen) atoms. The maximum atomic E-state index is 11.6. The Morgan fingerprint density at radius 1 is 1.33 bits per heavy atom. The van der Waals surface area contributed by atoms with Crippen molar-refractivity contribution in [2.24, 2.45) is 11.8 Å². The van der Waals surface area contributed by atoms with E-state index in [9.17, 15) is 4.79 Å². The summed E-state index contributed by atoms with van der Waals surface area (Å²) in [6.07, 6.45) is 6.25. The lowest BCUT2D eigenvalue weighted by Crippen LogP contribution is -2.33. The topological polar surface area (TPSA) is 20.3 Å². The van der Waals surface area contributed by atoms with Gasteiger partial charge >= 0.3 is 0 Å². The van der Waals surface area contributed by atoms with Crippen molar-refractivity contribution in [2.75, 3.05) is 14.1 Å². The van der Waals surface area contributed by atoms with E-state index in [1.807, 2.05) is 14.1 Å². The highest BCUT2D eigenvalue weighted by Crippen LogP contribution is 2.25. The number of hydrogen-bond donors (Lipinski definition) is 0. The molecule has 0 saturated carbocycles. The van der Waals surface area contributed by atoms with Gasteiger partial charge in [0.1, 0.15) is 0 Å². The van der Waals surface area contributed by atoms with Crippen LogP contribution in [0.3, 0.4) is 0 Å². The molecule has 0 aliphatic heterocycles. The quantitative estimate of drug-likeness (QED) is 0.544. The standard InChI is InChI=1S/C10H17NO/c1-8-6-4-5-7-9(8)10(12)11(2)3/h4-5,8-9H,6-7H2,1-3H3/t8-,9+/m1/s1. The largest absolute Gasteiger partial charge is 0.349 e. The number of amides is 1. The lowest BCUT2D eigenvalue weighted by Gasteiger charge is -2.26. The van der Waals surface area contributed by atoms with Crippen LogP contribution in [-0.4, -0.2) is 24.9 Å². The third kappa shape index (κ3) is 1.87. The zero-order valence-electron chi connectivity index (χ0n) is 8.08. The van der Waals surface area contributed by atoms with Crippen LogP contribution in [0.15, 0.2) is 12.2 Å². The van der Waals surface area contributed by atoms with E-state index in [1.54, 1.807) is 4.90 Å². The summed E-state index contributed by atoms with van der Waals surface area (Å²) in [5, 5.41) is 0. The molecule has 0 bridgehead atoms. The fourth-order valence-electron chi connectivity index (χ4n) is 1.63. The second kappa shape index (κ2) is 3.74. The fourth-order valence-corrected chi connectivity index (χ4v) is 1.63. The van der Waals surface area contributed by atoms with Crippen LogP contribution in [0.25, 0.3) is 0 Å². The summed E-state index contributed by atoms with van der Waals surface area (Å²) in [4.78, 5) is 13.3. The Hall–Kier alpha value is -0.790. The molecule has 1 amide bonds. The number of carbonyl (C=O) groups excluding carboxylic acids is 1. The molecule has 0 saturated heterocycles. The Kier molecular flexibility index (Phi) is 2.90. The first-order chi connectivity index (χ1) is 5.63. The van der Waals surface area contributed by atoms with Gasteiger partial charge in [0, 0.05) is 20.0 Å². The Labute approximate surface area is 74.2 Å². The van der Waals surface area contributed by atoms with Gasteiger partial charge < -0.3 is 4.90 Å². The van der Waals surface area contributed by atoms with Crippen molar-refractivity contribution in [3.8, 4) is 0 Å². The van der Waals surface area contributed by atoms with Crippen molar-refractivity contribution in [3.63, 3.8) is 0 Å². The van der Waals surface area contributed by atoms with Gasteiger partial charge in [-0.05, 0) is 18.8 Å². The van der Waals surface area contributed by atoms with Crippen molar-refractivity contribution in [1.29, 1.82) is 0 Å². The molecule has 0 N–H and O–H groups in total. The van der Waals surface area contributed by atoms with E-state index in [-0.39, 0.29) is 11.8 Å². The number of carbonyl (C=O) groups is 1. The Morgan fingerprint density at radius 3 is 2.42 bits per heavy atom. The summed E-state index contributed by atoms with van der Waals surface area (Å²) in [7, 11) is 3.65. The van der Waals surface area contributed by atoms with Crippen LogP contribution in [0.2, 0.25) is 0 Å². The normalized spacial score (nSPS) is 28.6. The number of rotatable bonds is 1. The van der Waals surface area contributed by atoms with Crippen LogP contribution in [0.5, 0.6) is 0 Å². The van der Waals surface area contributed by atoms with Gasteiger partial charge in [0.15, 0.2) is 0 Å². The molecule has 2 heteroatoms. The number of nitrogens with zero attached hydrogens (tertiary/aromatic N) is 1. The summed E-state index contributed by atoms with van der Waals surface area (Å²) in [6, 6.07) is 0. The first-order valence-corrected chi connectivity index (χ1v) is 4.49. The van der Waals surface area contributed by atoms with E-state index in [2.05, 4.69) is 19.1 Å². The minimum Gasteiger partial charge on any atom is -0.349 e. The van der Waals surface area contributed by atoms with Crippen LogP contribution >= 0.6 is 0 Å². The molecule has 2 atom stereocenters. The van der Waals surface area contributed by atoms with Gasteiger partial charge in [-0.25, -0.2) is 0 Å². The fraction of sp³-hybridized carbons (Fsp3) is 0.700. The molecule has 0 fully saturated rings. The van der Waals surface area contributed by atoms with Gasteiger partial charge in [-0.3, -0.25) is 4.79 Å². The van der Waals surface area contributed by atoms with Crippen molar-refractivity contribution >= 4 is 5.91 Å². The highest BCUT2D eigenvalue weighted by molar-refractivity contribution is 5.78. The molecule has 1 aliphatic rings. The maximum Gasteiger partial charge on any atom is 0.225 e. The molecule has 0 heterocycles. The molecule has 0 aromatic carbocycles. The summed E-state index contributed by atoms with van der Waals surface area (Å²) in [6.45, 7) is 2.15. The Bertz CT molecular complexity index is 196. The minimum absolute atomic E-state index is 0.213. The van der Waals surface area contributed by atoms with Crippen LogP contribution in [0.4, 0.5) is 0 Å². The van der Waals surface area contributed by atoms with E-state index < -0.39 is 0 Å². The van der Waals surface area contributed by atoms with Gasteiger partial charge in [-0.1, -0.05) is 19.1 Å². The van der Waals surface area contributed by atoms with Gasteiger partial charge in [0.25, 0.3) is 0 Å². The summed E-state index contributed by atoms with van der Waals surface area (Å²) in [5.41, 5.74) is 0. The van der Waals surface area contributed by atoms with Gasteiger partial charge in [-0.15, -0.1) is 0 Å². The van der Waals surface area contributed by atoms with E-state index >= 15 is 0 Å². The van der Waals surface area contributed by atoms with Crippen molar-refractivity contribution in [1.82, 2.24) is 4.90 Å². The molecule has 1 rings (SSSR count). The monoisotopic (exact) mass is 167 g/mol. The van der Waals surface area contributed by atoms with Crippen molar-refractivity contribution in [2.45, 2.75) is 19.8 Å². The number of hydrogen-bond acceptors (Lipinski definition) is 1. The molecule has 2 nitrogen and oxygen atoms in total. The average molecular weight is 167 g/mol. The minimum atomic E-state index is 0.213. The van der Waals surface area contributed by atoms with Gasteiger partial charge in [-0.2, -0.15) is 0 Å². The maximum absolute atomic E-state index is 11.6. The zero-order valence-corrected chi connectivity index (χ0v) is 8.08. The third-order valence-electron chi connectivity index (χ3n) is 2.51. The van der Waals surface area contributed by atoms with Crippen LogP contribution < -0.4 is 0 Å². The van der Waals surface area contributed by atoms with E-state index in [4.69, 9.17) is 0 Å². The first-order valence-electron chi connectivity index (χ1n) is 4.49. The summed E-state index contributed by atoms with van der Waals surface area (Å²) >= 11 is 0. The molecule has 1 aliphatic carbocycles. The lowest BCUT2D eigenvalue weighted by atomic mass is 9.83. The average Bonchev–Trinajstić information content (AvgIpc) is 2.04. The second-order valence-electron chi connectivity index (χ2n) is 3.76. The predicted molar refractivity (Wildman–Crippen MR) is 49.7 cm³/mol. The zero-order chi connectivity index (χ0) is 9.14. The number of allylic oxidation sites excluding steroid dienone is 2. The van der Waals surface area contributed by atoms with E-state index in [1.165, 1.54) is 0 Å². The van der Waals surface area contributed by atoms with E-state index in [0.29, 0.717) is 5.92 Å². The third-order valence-corrected chi connectivity index (χ3v) is 2.51. The molecular formula is C10H17NO. The molecule has 0 spiro atoms. The summed E-state index contributed by atoms with van der Waals surface area (Å²) in [5.74, 6) is 0.988. The molecule has 68 valence electrons. The summed E-state index contributed by atoms with van der Waals surface area (Å²) < 4.78 is 0. The predicted octanol–water partition coefficient (Wildman–Crippen LogP) is 1.68. The van der Waals surface area contributed by atoms with Crippen molar-refractivity contribution in [3.05, 3.63) is 12.2 Å². The van der Waals surface area contributed by atoms with Gasteiger partial charge in [0.05, 0.1) is 0 Å². The highest BCUT2D eigenvalue weighted by Gasteiger charge is 2.26. The lowest BCUT2D eigenvalue weighted by molar-refractivity contribution is -0.134. The molecule has 0 unspecified atom stereocenters. The van der Waals surface area contributed by atoms with Crippen LogP contribution in [0, 0.1) is 11.8 Å². The first kappa shape index (κ1) is 9.30. The smallest absolute Gasteiger partial charge is 0.225 e. The SMILES string of the molecule is C[C@@H]1CC=CC[C@@H]1C(=O)N(C)C. The second-order valence-corrected chi connectivity index (χ2v) is 3.76. The van der Waals surface area contributed by atoms with E-state index in [0.717, 1.165) is 12.8 Å². The van der Waals surface area contributed by atoms with Crippen molar-refractivity contribution < 1.29 is 4.79 Å². The molecular weight excluding hydrogens is 150 g/mol. The molecule has 0 aromatic rings.